The summed E-state index contributed by atoms with van der Waals surface area (Å²) in [5.74, 6) is 1.22. The van der Waals surface area contributed by atoms with Gasteiger partial charge >= 0.3 is 0 Å². The van der Waals surface area contributed by atoms with Gasteiger partial charge in [0.05, 0.1) is 11.4 Å². The lowest BCUT2D eigenvalue weighted by atomic mass is 9.78. The molecular weight excluding hydrogens is 338 g/mol. The molecule has 0 unspecified atom stereocenters. The second kappa shape index (κ2) is 8.78. The van der Waals surface area contributed by atoms with Gasteiger partial charge in [-0.2, -0.15) is 0 Å². The topological polar surface area (TPSA) is 101 Å². The first-order valence-corrected chi connectivity index (χ1v) is 10.4. The van der Waals surface area contributed by atoms with Crippen molar-refractivity contribution in [1.82, 2.24) is 10.6 Å². The van der Waals surface area contributed by atoms with Gasteiger partial charge in [-0.15, -0.1) is 0 Å². The minimum absolute atomic E-state index is 0.0375. The molecular formula is C18H29N3O3S. The van der Waals surface area contributed by atoms with E-state index in [1.165, 1.54) is 25.0 Å². The third-order valence-corrected chi connectivity index (χ3v) is 6.11. The summed E-state index contributed by atoms with van der Waals surface area (Å²) in [4.78, 5) is 12.2. The molecule has 0 heterocycles. The van der Waals surface area contributed by atoms with Crippen LogP contribution in [-0.4, -0.2) is 33.5 Å². The zero-order valence-electron chi connectivity index (χ0n) is 15.0. The number of primary sulfonamides is 1. The smallest absolute Gasteiger partial charge is 0.238 e. The van der Waals surface area contributed by atoms with E-state index < -0.39 is 10.0 Å². The van der Waals surface area contributed by atoms with E-state index in [1.54, 1.807) is 12.1 Å². The van der Waals surface area contributed by atoms with Crippen LogP contribution >= 0.6 is 0 Å². The van der Waals surface area contributed by atoms with Crippen LogP contribution in [0.4, 0.5) is 0 Å². The molecule has 1 aliphatic rings. The SMILES string of the molecule is C[C@H]1[C@H](C)CCC[C@@H]1NC(=O)CNCCc1ccc(S(N)(=O)=O)cc1. The maximum atomic E-state index is 12.1. The Hall–Kier alpha value is -1.44. The first-order chi connectivity index (χ1) is 11.8. The molecule has 0 saturated heterocycles. The second-order valence-electron chi connectivity index (χ2n) is 7.06. The number of sulfonamides is 1. The van der Waals surface area contributed by atoms with Crippen LogP contribution in [0.1, 0.15) is 38.7 Å². The first-order valence-electron chi connectivity index (χ1n) is 8.89. The number of carbonyl (C=O) groups is 1. The van der Waals surface area contributed by atoms with Crippen LogP contribution in [-0.2, 0) is 21.2 Å². The zero-order chi connectivity index (χ0) is 18.4. The molecule has 4 N–H and O–H groups in total. The van der Waals surface area contributed by atoms with E-state index in [9.17, 15) is 13.2 Å². The fourth-order valence-electron chi connectivity index (χ4n) is 3.32. The van der Waals surface area contributed by atoms with Crippen LogP contribution in [0.15, 0.2) is 29.2 Å². The standard InChI is InChI=1S/C18H29N3O3S/c1-13-4-3-5-17(14(13)2)21-18(22)12-20-11-10-15-6-8-16(9-7-15)25(19,23)24/h6-9,13-14,17,20H,3-5,10-12H2,1-2H3,(H,21,22)(H2,19,23,24)/t13-,14+,17+/m1/s1. The highest BCUT2D eigenvalue weighted by molar-refractivity contribution is 7.89. The normalized spacial score (nSPS) is 24.0. The van der Waals surface area contributed by atoms with Crippen molar-refractivity contribution in [2.24, 2.45) is 17.0 Å². The fraction of sp³-hybridized carbons (Fsp3) is 0.611. The van der Waals surface area contributed by atoms with Crippen LogP contribution < -0.4 is 15.8 Å². The predicted molar refractivity (Wildman–Crippen MR) is 98.5 cm³/mol. The van der Waals surface area contributed by atoms with Crippen molar-refractivity contribution in [3.05, 3.63) is 29.8 Å². The first kappa shape index (κ1) is 19.9. The van der Waals surface area contributed by atoms with Gasteiger partial charge in [-0.05, 0) is 48.9 Å². The molecule has 2 rings (SSSR count). The zero-order valence-corrected chi connectivity index (χ0v) is 15.8. The lowest BCUT2D eigenvalue weighted by molar-refractivity contribution is -0.121. The summed E-state index contributed by atoms with van der Waals surface area (Å²) in [5.41, 5.74) is 0.995. The van der Waals surface area contributed by atoms with Crippen molar-refractivity contribution in [3.63, 3.8) is 0 Å². The molecule has 1 aromatic carbocycles. The van der Waals surface area contributed by atoms with E-state index in [0.717, 1.165) is 18.4 Å². The molecule has 0 spiro atoms. The second-order valence-corrected chi connectivity index (χ2v) is 8.62. The summed E-state index contributed by atoms with van der Waals surface area (Å²) in [7, 11) is -3.65. The molecule has 140 valence electrons. The predicted octanol–water partition coefficient (Wildman–Crippen LogP) is 1.41. The van der Waals surface area contributed by atoms with Gasteiger partial charge in [0.15, 0.2) is 0 Å². The Labute approximate surface area is 150 Å². The Kier molecular flexibility index (Phi) is 6.98. The van der Waals surface area contributed by atoms with Crippen molar-refractivity contribution in [2.75, 3.05) is 13.1 Å². The summed E-state index contributed by atoms with van der Waals surface area (Å²) in [6.07, 6.45) is 4.21. The van der Waals surface area contributed by atoms with Gasteiger partial charge in [0.2, 0.25) is 15.9 Å². The van der Waals surface area contributed by atoms with Gasteiger partial charge in [0.25, 0.3) is 0 Å². The van der Waals surface area contributed by atoms with E-state index in [0.29, 0.717) is 24.9 Å². The fourth-order valence-corrected chi connectivity index (χ4v) is 3.84. The van der Waals surface area contributed by atoms with Crippen LogP contribution in [0.25, 0.3) is 0 Å². The molecule has 1 fully saturated rings. The number of amides is 1. The maximum absolute atomic E-state index is 12.1. The molecule has 7 heteroatoms. The van der Waals surface area contributed by atoms with Gasteiger partial charge in [0.1, 0.15) is 0 Å². The summed E-state index contributed by atoms with van der Waals surface area (Å²) >= 11 is 0. The molecule has 25 heavy (non-hydrogen) atoms. The van der Waals surface area contributed by atoms with E-state index in [-0.39, 0.29) is 16.8 Å². The van der Waals surface area contributed by atoms with E-state index in [4.69, 9.17) is 5.14 Å². The van der Waals surface area contributed by atoms with Crippen molar-refractivity contribution >= 4 is 15.9 Å². The van der Waals surface area contributed by atoms with Crippen molar-refractivity contribution in [3.8, 4) is 0 Å². The van der Waals surface area contributed by atoms with Crippen molar-refractivity contribution in [1.29, 1.82) is 0 Å². The van der Waals surface area contributed by atoms with Gasteiger partial charge in [-0.25, -0.2) is 13.6 Å². The van der Waals surface area contributed by atoms with E-state index >= 15 is 0 Å². The summed E-state index contributed by atoms with van der Waals surface area (Å²) < 4.78 is 22.4. The Morgan fingerprint density at radius 1 is 1.20 bits per heavy atom. The molecule has 6 nitrogen and oxygen atoms in total. The molecule has 0 bridgehead atoms. The van der Waals surface area contributed by atoms with E-state index in [1.807, 2.05) is 0 Å². The van der Waals surface area contributed by atoms with Crippen LogP contribution in [0.3, 0.4) is 0 Å². The number of rotatable bonds is 7. The summed E-state index contributed by atoms with van der Waals surface area (Å²) in [5, 5.41) is 11.4. The van der Waals surface area contributed by atoms with Crippen LogP contribution in [0.5, 0.6) is 0 Å². The van der Waals surface area contributed by atoms with Gasteiger partial charge in [-0.1, -0.05) is 38.8 Å². The maximum Gasteiger partial charge on any atom is 0.238 e. The van der Waals surface area contributed by atoms with Crippen LogP contribution in [0, 0.1) is 11.8 Å². The number of hydrogen-bond donors (Lipinski definition) is 3. The summed E-state index contributed by atoms with van der Waals surface area (Å²) in [6, 6.07) is 6.77. The Bertz CT molecular complexity index is 673. The van der Waals surface area contributed by atoms with Gasteiger partial charge in [-0.3, -0.25) is 4.79 Å². The molecule has 0 aromatic heterocycles. The molecule has 1 aromatic rings. The third kappa shape index (κ3) is 6.09. The molecule has 1 saturated carbocycles. The Balaban J connectivity index is 1.69. The number of hydrogen-bond acceptors (Lipinski definition) is 4. The highest BCUT2D eigenvalue weighted by Gasteiger charge is 2.27. The third-order valence-electron chi connectivity index (χ3n) is 5.18. The minimum Gasteiger partial charge on any atom is -0.352 e. The average molecular weight is 368 g/mol. The minimum atomic E-state index is -3.65. The Morgan fingerprint density at radius 3 is 2.52 bits per heavy atom. The summed E-state index contributed by atoms with van der Waals surface area (Å²) in [6.45, 7) is 5.42. The molecule has 3 atom stereocenters. The highest BCUT2D eigenvalue weighted by atomic mass is 32.2. The van der Waals surface area contributed by atoms with Gasteiger partial charge in [0, 0.05) is 6.04 Å². The Morgan fingerprint density at radius 2 is 1.88 bits per heavy atom. The van der Waals surface area contributed by atoms with E-state index in [2.05, 4.69) is 24.5 Å². The van der Waals surface area contributed by atoms with Crippen LogP contribution in [0.2, 0.25) is 0 Å². The lowest BCUT2D eigenvalue weighted by Crippen LogP contribution is -2.46. The molecule has 1 aliphatic carbocycles. The lowest BCUT2D eigenvalue weighted by Gasteiger charge is -2.34. The monoisotopic (exact) mass is 367 g/mol. The van der Waals surface area contributed by atoms with Gasteiger partial charge < -0.3 is 10.6 Å². The number of nitrogens with two attached hydrogens (primary N) is 1. The quantitative estimate of drug-likeness (QED) is 0.634. The largest absolute Gasteiger partial charge is 0.352 e. The average Bonchev–Trinajstić information content (AvgIpc) is 2.55. The van der Waals surface area contributed by atoms with Crippen molar-refractivity contribution in [2.45, 2.75) is 50.5 Å². The number of benzene rings is 1. The number of nitrogens with one attached hydrogen (secondary N) is 2. The van der Waals surface area contributed by atoms with Crippen molar-refractivity contribution < 1.29 is 13.2 Å². The number of carbonyl (C=O) groups excluding carboxylic acids is 1. The highest BCUT2D eigenvalue weighted by Crippen LogP contribution is 2.29. The molecule has 1 amide bonds. The molecule has 0 aliphatic heterocycles. The molecule has 0 radical (unpaired) electrons.